The summed E-state index contributed by atoms with van der Waals surface area (Å²) in [7, 11) is 0. The van der Waals surface area contributed by atoms with Crippen molar-refractivity contribution in [2.75, 3.05) is 26.2 Å². The molecule has 3 rings (SSSR count). The maximum atomic E-state index is 10.7. The van der Waals surface area contributed by atoms with Crippen molar-refractivity contribution in [1.29, 1.82) is 0 Å². The molecule has 1 aromatic heterocycles. The minimum Gasteiger partial charge on any atom is -0.476 e. The molecular weight excluding hydrogens is 248 g/mol. The molecule has 0 amide bonds. The number of nitrogens with zero attached hydrogens (tertiary/aromatic N) is 4. The summed E-state index contributed by atoms with van der Waals surface area (Å²) in [5.41, 5.74) is 0.00839. The Morgan fingerprint density at radius 1 is 1.47 bits per heavy atom. The van der Waals surface area contributed by atoms with Gasteiger partial charge in [-0.25, -0.2) is 9.48 Å². The third-order valence-corrected chi connectivity index (χ3v) is 3.78. The van der Waals surface area contributed by atoms with E-state index >= 15 is 0 Å². The van der Waals surface area contributed by atoms with Crippen molar-refractivity contribution in [3.63, 3.8) is 0 Å². The van der Waals surface area contributed by atoms with Crippen LogP contribution in [0.5, 0.6) is 0 Å². The van der Waals surface area contributed by atoms with Crippen molar-refractivity contribution >= 4 is 5.97 Å². The minimum absolute atomic E-state index is 0.00839. The molecule has 1 atom stereocenters. The molecule has 2 fully saturated rings. The molecule has 1 unspecified atom stereocenters. The average molecular weight is 266 g/mol. The van der Waals surface area contributed by atoms with E-state index in [1.807, 2.05) is 0 Å². The molecule has 2 aliphatic heterocycles. The Labute approximate surface area is 111 Å². The van der Waals surface area contributed by atoms with Gasteiger partial charge in [0.2, 0.25) is 0 Å². The third-order valence-electron chi connectivity index (χ3n) is 3.78. The summed E-state index contributed by atoms with van der Waals surface area (Å²) in [4.78, 5) is 13.0. The number of rotatable bonds is 4. The first-order chi connectivity index (χ1) is 9.22. The fourth-order valence-corrected chi connectivity index (χ4v) is 2.65. The maximum absolute atomic E-state index is 10.7. The fourth-order valence-electron chi connectivity index (χ4n) is 2.65. The van der Waals surface area contributed by atoms with Crippen LogP contribution in [0.15, 0.2) is 6.20 Å². The molecule has 19 heavy (non-hydrogen) atoms. The van der Waals surface area contributed by atoms with Crippen LogP contribution >= 0.6 is 0 Å². The second kappa shape index (κ2) is 5.26. The molecule has 104 valence electrons. The zero-order chi connectivity index (χ0) is 13.2. The normalized spacial score (nSPS) is 25.2. The second-order valence-electron chi connectivity index (χ2n) is 5.25. The van der Waals surface area contributed by atoms with E-state index in [2.05, 4.69) is 15.2 Å². The average Bonchev–Trinajstić information content (AvgIpc) is 2.84. The molecular formula is C12H18N4O3. The highest BCUT2D eigenvalue weighted by Crippen LogP contribution is 2.23. The van der Waals surface area contributed by atoms with Gasteiger partial charge in [-0.3, -0.25) is 4.90 Å². The molecule has 1 aromatic rings. The predicted octanol–water partition coefficient (Wildman–Crippen LogP) is 0.402. The van der Waals surface area contributed by atoms with Crippen LogP contribution in [0.2, 0.25) is 0 Å². The molecule has 0 radical (unpaired) electrons. The van der Waals surface area contributed by atoms with Gasteiger partial charge in [0.1, 0.15) is 0 Å². The number of carboxylic acid groups (broad SMARTS) is 1. The first-order valence-electron chi connectivity index (χ1n) is 6.71. The quantitative estimate of drug-likeness (QED) is 0.849. The summed E-state index contributed by atoms with van der Waals surface area (Å²) in [6, 6.07) is 0.240. The molecule has 2 aliphatic rings. The van der Waals surface area contributed by atoms with E-state index in [0.717, 1.165) is 32.7 Å². The van der Waals surface area contributed by atoms with Gasteiger partial charge in [0.25, 0.3) is 0 Å². The number of aromatic carboxylic acids is 1. The van der Waals surface area contributed by atoms with Crippen LogP contribution in [-0.2, 0) is 4.74 Å². The zero-order valence-electron chi connectivity index (χ0n) is 10.7. The minimum atomic E-state index is -1.03. The zero-order valence-corrected chi connectivity index (χ0v) is 10.7. The maximum Gasteiger partial charge on any atom is 0.358 e. The van der Waals surface area contributed by atoms with Crippen LogP contribution in [0.1, 0.15) is 35.8 Å². The second-order valence-corrected chi connectivity index (χ2v) is 5.25. The predicted molar refractivity (Wildman–Crippen MR) is 66.0 cm³/mol. The van der Waals surface area contributed by atoms with E-state index in [4.69, 9.17) is 9.84 Å². The number of aromatic nitrogens is 3. The summed E-state index contributed by atoms with van der Waals surface area (Å²) >= 11 is 0. The van der Waals surface area contributed by atoms with Crippen LogP contribution in [0, 0.1) is 0 Å². The van der Waals surface area contributed by atoms with E-state index < -0.39 is 5.97 Å². The molecule has 0 saturated carbocycles. The van der Waals surface area contributed by atoms with Gasteiger partial charge >= 0.3 is 5.97 Å². The van der Waals surface area contributed by atoms with Gasteiger partial charge in [-0.2, -0.15) is 0 Å². The van der Waals surface area contributed by atoms with Gasteiger partial charge in [-0.1, -0.05) is 5.21 Å². The summed E-state index contributed by atoms with van der Waals surface area (Å²) < 4.78 is 7.36. The van der Waals surface area contributed by atoms with Gasteiger partial charge in [-0.15, -0.1) is 5.10 Å². The van der Waals surface area contributed by atoms with E-state index in [1.165, 1.54) is 19.0 Å². The lowest BCUT2D eigenvalue weighted by Crippen LogP contribution is -2.51. The van der Waals surface area contributed by atoms with Crippen LogP contribution in [0.4, 0.5) is 0 Å². The molecule has 1 N–H and O–H groups in total. The number of likely N-dealkylation sites (tertiary alicyclic amines) is 1. The Bertz CT molecular complexity index is 450. The van der Waals surface area contributed by atoms with Crippen molar-refractivity contribution in [2.24, 2.45) is 0 Å². The van der Waals surface area contributed by atoms with Gasteiger partial charge in [0.15, 0.2) is 5.69 Å². The molecule has 3 heterocycles. The van der Waals surface area contributed by atoms with Crippen LogP contribution in [-0.4, -0.2) is 63.3 Å². The van der Waals surface area contributed by atoms with Gasteiger partial charge in [0, 0.05) is 26.2 Å². The Morgan fingerprint density at radius 2 is 2.32 bits per heavy atom. The van der Waals surface area contributed by atoms with Crippen molar-refractivity contribution in [2.45, 2.75) is 31.4 Å². The largest absolute Gasteiger partial charge is 0.476 e. The lowest BCUT2D eigenvalue weighted by molar-refractivity contribution is -0.0290. The Hall–Kier alpha value is -1.47. The molecule has 0 bridgehead atoms. The smallest absolute Gasteiger partial charge is 0.358 e. The van der Waals surface area contributed by atoms with Crippen molar-refractivity contribution in [3.8, 4) is 0 Å². The lowest BCUT2D eigenvalue weighted by Gasteiger charge is -2.41. The molecule has 0 aliphatic carbocycles. The highest BCUT2D eigenvalue weighted by molar-refractivity contribution is 5.84. The van der Waals surface area contributed by atoms with Crippen molar-refractivity contribution < 1.29 is 14.6 Å². The molecule has 0 aromatic carbocycles. The Kier molecular flexibility index (Phi) is 3.48. The van der Waals surface area contributed by atoms with Crippen molar-refractivity contribution in [1.82, 2.24) is 19.9 Å². The van der Waals surface area contributed by atoms with E-state index in [9.17, 15) is 4.79 Å². The lowest BCUT2D eigenvalue weighted by atomic mass is 10.0. The third kappa shape index (κ3) is 2.76. The van der Waals surface area contributed by atoms with E-state index in [-0.39, 0.29) is 11.7 Å². The first-order valence-corrected chi connectivity index (χ1v) is 6.71. The SMILES string of the molecule is O=C(O)c1cn(C2CN(CC3CCCCO3)C2)nn1. The molecule has 7 heteroatoms. The fraction of sp³-hybridized carbons (Fsp3) is 0.750. The van der Waals surface area contributed by atoms with E-state index in [1.54, 1.807) is 4.68 Å². The van der Waals surface area contributed by atoms with E-state index in [0.29, 0.717) is 6.10 Å². The van der Waals surface area contributed by atoms with Gasteiger partial charge in [-0.05, 0) is 19.3 Å². The van der Waals surface area contributed by atoms with Crippen LogP contribution in [0.25, 0.3) is 0 Å². The highest BCUT2D eigenvalue weighted by Gasteiger charge is 2.31. The van der Waals surface area contributed by atoms with Gasteiger partial charge < -0.3 is 9.84 Å². The number of hydrogen-bond donors (Lipinski definition) is 1. The topological polar surface area (TPSA) is 80.5 Å². The number of carbonyl (C=O) groups is 1. The Morgan fingerprint density at radius 3 is 2.95 bits per heavy atom. The number of ether oxygens (including phenoxy) is 1. The molecule has 7 nitrogen and oxygen atoms in total. The van der Waals surface area contributed by atoms with Crippen molar-refractivity contribution in [3.05, 3.63) is 11.9 Å². The van der Waals surface area contributed by atoms with Gasteiger partial charge in [0.05, 0.1) is 18.3 Å². The number of hydrogen-bond acceptors (Lipinski definition) is 5. The standard InChI is InChI=1S/C12H18N4O3/c17-12(18)11-8-16(14-13-11)9-5-15(6-9)7-10-3-1-2-4-19-10/h8-10H,1-7H2,(H,17,18). The Balaban J connectivity index is 1.47. The monoisotopic (exact) mass is 266 g/mol. The van der Waals surface area contributed by atoms with Crippen LogP contribution < -0.4 is 0 Å². The molecule has 2 saturated heterocycles. The summed E-state index contributed by atoms with van der Waals surface area (Å²) in [5, 5.41) is 16.3. The summed E-state index contributed by atoms with van der Waals surface area (Å²) in [5.74, 6) is -1.03. The molecule has 0 spiro atoms. The summed E-state index contributed by atoms with van der Waals surface area (Å²) in [6.45, 7) is 3.63. The first kappa shape index (κ1) is 12.6. The van der Waals surface area contributed by atoms with Crippen LogP contribution in [0.3, 0.4) is 0 Å². The number of carboxylic acids is 1. The summed E-state index contributed by atoms with van der Waals surface area (Å²) in [6.07, 6.45) is 5.44. The highest BCUT2D eigenvalue weighted by atomic mass is 16.5.